The van der Waals surface area contributed by atoms with Crippen molar-refractivity contribution in [3.63, 3.8) is 0 Å². The molecule has 9 heteroatoms. The summed E-state index contributed by atoms with van der Waals surface area (Å²) in [5.74, 6) is 0. The highest BCUT2D eigenvalue weighted by Crippen LogP contribution is 2.24. The highest BCUT2D eigenvalue weighted by molar-refractivity contribution is 4.91. The second-order valence-corrected chi connectivity index (χ2v) is 4.67. The molecule has 0 unspecified atom stereocenters. The zero-order chi connectivity index (χ0) is 14.2. The molecule has 0 aliphatic carbocycles. The predicted molar refractivity (Wildman–Crippen MR) is 58.6 cm³/mol. The zero-order valence-electron chi connectivity index (χ0n) is 10.1. The Balaban J connectivity index is 1.83. The lowest BCUT2D eigenvalue weighted by atomic mass is 10.1. The summed E-state index contributed by atoms with van der Waals surface area (Å²) in [4.78, 5) is 0. The first-order valence-corrected chi connectivity index (χ1v) is 5.97. The first-order chi connectivity index (χ1) is 8.95. The van der Waals surface area contributed by atoms with Crippen LogP contribution in [0.25, 0.3) is 0 Å². The van der Waals surface area contributed by atoms with Gasteiger partial charge in [0.2, 0.25) is 0 Å². The molecule has 0 saturated carbocycles. The van der Waals surface area contributed by atoms with Crippen molar-refractivity contribution in [3.05, 3.63) is 0 Å². The third-order valence-electron chi connectivity index (χ3n) is 3.35. The van der Waals surface area contributed by atoms with E-state index in [-0.39, 0.29) is 13.2 Å². The molecule has 2 saturated heterocycles. The summed E-state index contributed by atoms with van der Waals surface area (Å²) in [6.45, 7) is -0.556. The van der Waals surface area contributed by atoms with Gasteiger partial charge in [0.15, 0.2) is 12.6 Å². The van der Waals surface area contributed by atoms with Crippen LogP contribution in [-0.4, -0.2) is 87.9 Å². The second-order valence-electron chi connectivity index (χ2n) is 4.67. The average Bonchev–Trinajstić information content (AvgIpc) is 2.81. The van der Waals surface area contributed by atoms with Gasteiger partial charge in [-0.1, -0.05) is 0 Å². The van der Waals surface area contributed by atoms with Crippen LogP contribution in [0, 0.1) is 0 Å². The van der Waals surface area contributed by atoms with Crippen LogP contribution in [0.1, 0.15) is 0 Å². The van der Waals surface area contributed by atoms with Gasteiger partial charge in [-0.15, -0.1) is 0 Å². The molecule has 8 atom stereocenters. The van der Waals surface area contributed by atoms with Crippen LogP contribution in [0.3, 0.4) is 0 Å². The molecule has 0 bridgehead atoms. The lowest BCUT2D eigenvalue weighted by Gasteiger charge is -2.19. The summed E-state index contributed by atoms with van der Waals surface area (Å²) in [5, 5.41) is 46.7. The van der Waals surface area contributed by atoms with Gasteiger partial charge in [0, 0.05) is 0 Å². The van der Waals surface area contributed by atoms with Crippen LogP contribution < -0.4 is 5.73 Å². The summed E-state index contributed by atoms with van der Waals surface area (Å²) in [7, 11) is 0. The Morgan fingerprint density at radius 1 is 0.947 bits per heavy atom. The molecule has 0 radical (unpaired) electrons. The fourth-order valence-electron chi connectivity index (χ4n) is 2.10. The van der Waals surface area contributed by atoms with E-state index in [1.165, 1.54) is 0 Å². The Morgan fingerprint density at radius 3 is 2.11 bits per heavy atom. The second kappa shape index (κ2) is 5.95. The Hall–Kier alpha value is -0.360. The fraction of sp³-hybridized carbons (Fsp3) is 1.00. The van der Waals surface area contributed by atoms with E-state index in [0.29, 0.717) is 0 Å². The number of rotatable bonds is 4. The first kappa shape index (κ1) is 15.0. The Labute approximate surface area is 109 Å². The first-order valence-electron chi connectivity index (χ1n) is 5.97. The van der Waals surface area contributed by atoms with E-state index in [9.17, 15) is 20.4 Å². The molecule has 112 valence electrons. The number of nitrogens with two attached hydrogens (primary N) is 1. The van der Waals surface area contributed by atoms with Crippen molar-refractivity contribution in [2.24, 2.45) is 5.73 Å². The van der Waals surface area contributed by atoms with Gasteiger partial charge in [0.05, 0.1) is 19.3 Å². The molecule has 0 aromatic carbocycles. The van der Waals surface area contributed by atoms with E-state index in [2.05, 4.69) is 0 Å². The lowest BCUT2D eigenvalue weighted by Crippen LogP contribution is -2.42. The molecule has 0 spiro atoms. The molecule has 2 aliphatic heterocycles. The van der Waals surface area contributed by atoms with Gasteiger partial charge >= 0.3 is 0 Å². The van der Waals surface area contributed by atoms with Gasteiger partial charge in [0.1, 0.15) is 30.5 Å². The number of hydrogen-bond donors (Lipinski definition) is 6. The van der Waals surface area contributed by atoms with Crippen LogP contribution in [0.2, 0.25) is 0 Å². The topological polar surface area (TPSA) is 155 Å². The number of aliphatic hydroxyl groups is 5. The van der Waals surface area contributed by atoms with Crippen LogP contribution in [0.4, 0.5) is 0 Å². The summed E-state index contributed by atoms with van der Waals surface area (Å²) >= 11 is 0. The van der Waals surface area contributed by atoms with Crippen molar-refractivity contribution < 1.29 is 39.7 Å². The molecule has 0 amide bonds. The van der Waals surface area contributed by atoms with Crippen LogP contribution in [0.5, 0.6) is 0 Å². The molecule has 2 aliphatic rings. The maximum atomic E-state index is 9.71. The Bertz CT molecular complexity index is 305. The third kappa shape index (κ3) is 2.89. The molecule has 2 fully saturated rings. The predicted octanol–water partition coefficient (Wildman–Crippen LogP) is -4.15. The summed E-state index contributed by atoms with van der Waals surface area (Å²) < 4.78 is 15.2. The number of hydrogen-bond acceptors (Lipinski definition) is 9. The number of ether oxygens (including phenoxy) is 3. The van der Waals surface area contributed by atoms with Gasteiger partial charge in [-0.2, -0.15) is 0 Å². The van der Waals surface area contributed by atoms with E-state index in [0.717, 1.165) is 0 Å². The van der Waals surface area contributed by atoms with Crippen molar-refractivity contribution in [2.75, 3.05) is 13.2 Å². The highest BCUT2D eigenvalue weighted by Gasteiger charge is 2.45. The highest BCUT2D eigenvalue weighted by atomic mass is 16.7. The Morgan fingerprint density at radius 2 is 1.63 bits per heavy atom. The van der Waals surface area contributed by atoms with Gasteiger partial charge in [0.25, 0.3) is 0 Å². The van der Waals surface area contributed by atoms with Gasteiger partial charge in [-0.05, 0) is 0 Å². The van der Waals surface area contributed by atoms with E-state index < -0.39 is 49.1 Å². The summed E-state index contributed by atoms with van der Waals surface area (Å²) in [6, 6.07) is -0.777. The molecular formula is C10H19NO8. The van der Waals surface area contributed by atoms with Gasteiger partial charge in [-0.25, -0.2) is 0 Å². The smallest absolute Gasteiger partial charge is 0.185 e. The molecule has 2 heterocycles. The van der Waals surface area contributed by atoms with E-state index >= 15 is 0 Å². The lowest BCUT2D eigenvalue weighted by molar-refractivity contribution is -0.197. The molecule has 7 N–H and O–H groups in total. The van der Waals surface area contributed by atoms with E-state index in [1.807, 2.05) is 0 Å². The molecule has 0 aromatic heterocycles. The third-order valence-corrected chi connectivity index (χ3v) is 3.35. The Kier molecular flexibility index (Phi) is 4.71. The minimum atomic E-state index is -1.48. The van der Waals surface area contributed by atoms with Crippen LogP contribution in [0.15, 0.2) is 0 Å². The van der Waals surface area contributed by atoms with Crippen molar-refractivity contribution >= 4 is 0 Å². The summed E-state index contributed by atoms with van der Waals surface area (Å²) in [6.07, 6.45) is -8.03. The molecular weight excluding hydrogens is 262 g/mol. The minimum Gasteiger partial charge on any atom is -0.394 e. The minimum absolute atomic E-state index is 0.206. The molecule has 0 aromatic rings. The summed E-state index contributed by atoms with van der Waals surface area (Å²) in [5.41, 5.74) is 5.60. The molecule has 2 rings (SSSR count). The van der Waals surface area contributed by atoms with Crippen molar-refractivity contribution in [1.82, 2.24) is 0 Å². The van der Waals surface area contributed by atoms with Crippen molar-refractivity contribution in [3.8, 4) is 0 Å². The zero-order valence-corrected chi connectivity index (χ0v) is 10.1. The van der Waals surface area contributed by atoms with Crippen molar-refractivity contribution in [1.29, 1.82) is 0 Å². The molecule has 19 heavy (non-hydrogen) atoms. The van der Waals surface area contributed by atoms with Crippen LogP contribution >= 0.6 is 0 Å². The SMILES string of the molecule is N[C@H]1[C@H](O)[C@@H](OC[C@H]2O[C@H](O)[C@@H](O)[C@@H]2O)O[C@@H]1CO. The average molecular weight is 281 g/mol. The van der Waals surface area contributed by atoms with Gasteiger partial charge < -0.3 is 45.5 Å². The van der Waals surface area contributed by atoms with E-state index in [1.54, 1.807) is 0 Å². The largest absolute Gasteiger partial charge is 0.394 e. The quantitative estimate of drug-likeness (QED) is 0.301. The van der Waals surface area contributed by atoms with E-state index in [4.69, 9.17) is 25.1 Å². The standard InChI is InChI=1S/C10H19NO8/c11-5-3(1-12)19-10(7(5)14)17-2-4-6(13)8(15)9(16)18-4/h3-10,12-16H,1-2,11H2/t3-,4-,5-,6-,7+,8+,9+,10+/m1/s1. The van der Waals surface area contributed by atoms with Crippen LogP contribution in [-0.2, 0) is 14.2 Å². The maximum Gasteiger partial charge on any atom is 0.185 e. The monoisotopic (exact) mass is 281 g/mol. The fourth-order valence-corrected chi connectivity index (χ4v) is 2.10. The number of aliphatic hydroxyl groups excluding tert-OH is 5. The van der Waals surface area contributed by atoms with Crippen molar-refractivity contribution in [2.45, 2.75) is 49.1 Å². The van der Waals surface area contributed by atoms with Gasteiger partial charge in [-0.3, -0.25) is 0 Å². The molecule has 9 nitrogen and oxygen atoms in total. The normalized spacial score (nSPS) is 50.8. The maximum absolute atomic E-state index is 9.71.